The third-order valence-corrected chi connectivity index (χ3v) is 3.96. The van der Waals surface area contributed by atoms with Crippen LogP contribution in [0.2, 0.25) is 0 Å². The van der Waals surface area contributed by atoms with E-state index in [1.807, 2.05) is 0 Å². The molecule has 5 atom stereocenters. The normalized spacial score (nSPS) is 19.8. The molecule has 5 N–H and O–H groups in total. The number of alkyl halides is 1. The molecular weight excluding hydrogens is 314 g/mol. The maximum absolute atomic E-state index is 13.7. The number of rotatable bonds is 11. The Morgan fingerprint density at radius 2 is 1.48 bits per heavy atom. The van der Waals surface area contributed by atoms with Gasteiger partial charge in [0.05, 0.1) is 19.8 Å². The molecule has 0 heterocycles. The van der Waals surface area contributed by atoms with E-state index in [1.54, 1.807) is 0 Å². The molecule has 9 nitrogen and oxygen atoms in total. The molecule has 1 unspecified atom stereocenters. The largest absolute Gasteiger partial charge is 0.477 e. The van der Waals surface area contributed by atoms with Gasteiger partial charge < -0.3 is 25.5 Å². The Balaban J connectivity index is 4.75. The zero-order valence-corrected chi connectivity index (χ0v) is 12.6. The third kappa shape index (κ3) is 6.64. The molecule has 0 radical (unpaired) electrons. The van der Waals surface area contributed by atoms with Crippen molar-refractivity contribution in [1.82, 2.24) is 0 Å². The molecule has 11 heteroatoms. The smallest absolute Gasteiger partial charge is 0.394 e. The first kappa shape index (κ1) is 20.8. The average molecular weight is 336 g/mol. The first-order valence-corrected chi connectivity index (χ1v) is 7.73. The van der Waals surface area contributed by atoms with Gasteiger partial charge >= 0.3 is 7.82 Å². The standard InChI is InChI=1S/C10H22FO9P/c1-3-18-21(17,19-4-2)20-10(11)9(16)8(15)7(14)6(13)5-12/h6-10,12-16H,3-5H2,1-2H3/t6-,7-,8+,9+,10?/m1/s1. The van der Waals surface area contributed by atoms with Gasteiger partial charge in [-0.3, -0.25) is 9.05 Å². The van der Waals surface area contributed by atoms with Gasteiger partial charge in [-0.05, 0) is 13.8 Å². The molecule has 0 saturated carbocycles. The molecular formula is C10H22FO9P. The van der Waals surface area contributed by atoms with Crippen LogP contribution in [0.3, 0.4) is 0 Å². The fraction of sp³-hybridized carbons (Fsp3) is 1.00. The highest BCUT2D eigenvalue weighted by Crippen LogP contribution is 2.51. The molecule has 128 valence electrons. The van der Waals surface area contributed by atoms with Crippen molar-refractivity contribution in [2.45, 2.75) is 44.6 Å². The van der Waals surface area contributed by atoms with Crippen LogP contribution < -0.4 is 0 Å². The highest BCUT2D eigenvalue weighted by Gasteiger charge is 2.40. The molecule has 0 aliphatic rings. The first-order valence-electron chi connectivity index (χ1n) is 6.27. The van der Waals surface area contributed by atoms with E-state index in [-0.39, 0.29) is 13.2 Å². The number of phosphoric acid groups is 1. The second kappa shape index (κ2) is 9.78. The molecule has 0 aliphatic carbocycles. The minimum Gasteiger partial charge on any atom is -0.394 e. The number of hydrogen-bond donors (Lipinski definition) is 5. The van der Waals surface area contributed by atoms with E-state index < -0.39 is 45.2 Å². The van der Waals surface area contributed by atoms with Gasteiger partial charge in [0.15, 0.2) is 0 Å². The number of halogens is 1. The molecule has 0 aromatic heterocycles. The molecule has 0 amide bonds. The molecule has 0 aromatic rings. The van der Waals surface area contributed by atoms with Crippen molar-refractivity contribution in [2.75, 3.05) is 19.8 Å². The summed E-state index contributed by atoms with van der Waals surface area (Å²) in [4.78, 5) is 0. The Hall–Kier alpha value is -0.160. The molecule has 0 aliphatic heterocycles. The molecule has 21 heavy (non-hydrogen) atoms. The maximum atomic E-state index is 13.7. The van der Waals surface area contributed by atoms with Crippen LogP contribution in [0.4, 0.5) is 4.39 Å². The van der Waals surface area contributed by atoms with Gasteiger partial charge in [0.25, 0.3) is 0 Å². The van der Waals surface area contributed by atoms with Crippen LogP contribution >= 0.6 is 7.82 Å². The lowest BCUT2D eigenvalue weighted by Crippen LogP contribution is -2.49. The van der Waals surface area contributed by atoms with E-state index in [1.165, 1.54) is 13.8 Å². The minimum atomic E-state index is -4.27. The summed E-state index contributed by atoms with van der Waals surface area (Å²) in [6.07, 6.45) is -11.1. The summed E-state index contributed by atoms with van der Waals surface area (Å²) < 4.78 is 39.2. The molecule has 0 spiro atoms. The summed E-state index contributed by atoms with van der Waals surface area (Å²) in [5.74, 6) is 0. The van der Waals surface area contributed by atoms with Crippen LogP contribution in [0.25, 0.3) is 0 Å². The Labute approximate surface area is 121 Å². The molecule has 0 bridgehead atoms. The molecule has 0 rings (SSSR count). The fourth-order valence-electron chi connectivity index (χ4n) is 1.29. The zero-order chi connectivity index (χ0) is 16.6. The Bertz CT molecular complexity index is 322. The predicted molar refractivity (Wildman–Crippen MR) is 68.0 cm³/mol. The molecule has 0 fully saturated rings. The van der Waals surface area contributed by atoms with Crippen molar-refractivity contribution in [3.63, 3.8) is 0 Å². The minimum absolute atomic E-state index is 0.117. The van der Waals surface area contributed by atoms with E-state index in [4.69, 9.17) is 10.2 Å². The Kier molecular flexibility index (Phi) is 9.70. The van der Waals surface area contributed by atoms with Gasteiger partial charge in [0.1, 0.15) is 24.4 Å². The van der Waals surface area contributed by atoms with Crippen molar-refractivity contribution >= 4 is 7.82 Å². The summed E-state index contributed by atoms with van der Waals surface area (Å²) in [7, 11) is -4.27. The summed E-state index contributed by atoms with van der Waals surface area (Å²) >= 11 is 0. The van der Waals surface area contributed by atoms with E-state index in [2.05, 4.69) is 13.6 Å². The average Bonchev–Trinajstić information content (AvgIpc) is 2.44. The van der Waals surface area contributed by atoms with Crippen molar-refractivity contribution in [1.29, 1.82) is 0 Å². The van der Waals surface area contributed by atoms with Gasteiger partial charge in [-0.25, -0.2) is 13.5 Å². The number of aliphatic hydroxyl groups excluding tert-OH is 5. The SMILES string of the molecule is CCOP(=O)(OCC)OC(F)[C@@H](O)[C@@H](O)[C@H](O)[C@H](O)CO. The number of phosphoric ester groups is 1. The monoisotopic (exact) mass is 336 g/mol. The Morgan fingerprint density at radius 1 is 1.00 bits per heavy atom. The lowest BCUT2D eigenvalue weighted by molar-refractivity contribution is -0.163. The van der Waals surface area contributed by atoms with Crippen molar-refractivity contribution < 1.29 is 48.1 Å². The van der Waals surface area contributed by atoms with Crippen LogP contribution in [0.5, 0.6) is 0 Å². The van der Waals surface area contributed by atoms with Crippen LogP contribution in [0.15, 0.2) is 0 Å². The van der Waals surface area contributed by atoms with Crippen molar-refractivity contribution in [3.05, 3.63) is 0 Å². The molecule has 0 saturated heterocycles. The number of aliphatic hydroxyl groups is 5. The van der Waals surface area contributed by atoms with Gasteiger partial charge in [-0.1, -0.05) is 0 Å². The van der Waals surface area contributed by atoms with E-state index in [9.17, 15) is 24.3 Å². The zero-order valence-electron chi connectivity index (χ0n) is 11.7. The second-order valence-electron chi connectivity index (χ2n) is 3.96. The van der Waals surface area contributed by atoms with Crippen molar-refractivity contribution in [2.24, 2.45) is 0 Å². The third-order valence-electron chi connectivity index (χ3n) is 2.35. The van der Waals surface area contributed by atoms with Crippen molar-refractivity contribution in [3.8, 4) is 0 Å². The van der Waals surface area contributed by atoms with Crippen LogP contribution in [-0.4, -0.2) is 76.1 Å². The van der Waals surface area contributed by atoms with E-state index in [0.717, 1.165) is 0 Å². The van der Waals surface area contributed by atoms with Gasteiger partial charge in [0.2, 0.25) is 6.36 Å². The lowest BCUT2D eigenvalue weighted by Gasteiger charge is -2.28. The van der Waals surface area contributed by atoms with Gasteiger partial charge in [0, 0.05) is 0 Å². The summed E-state index contributed by atoms with van der Waals surface area (Å²) in [5.41, 5.74) is 0. The van der Waals surface area contributed by atoms with Gasteiger partial charge in [-0.15, -0.1) is 0 Å². The second-order valence-corrected chi connectivity index (χ2v) is 5.58. The Morgan fingerprint density at radius 3 is 1.86 bits per heavy atom. The molecule has 0 aromatic carbocycles. The quantitative estimate of drug-likeness (QED) is 0.297. The maximum Gasteiger partial charge on any atom is 0.477 e. The van der Waals surface area contributed by atoms with Crippen LogP contribution in [-0.2, 0) is 18.1 Å². The lowest BCUT2D eigenvalue weighted by atomic mass is 10.0. The predicted octanol–water partition coefficient (Wildman–Crippen LogP) is -1.08. The van der Waals surface area contributed by atoms with E-state index in [0.29, 0.717) is 0 Å². The highest BCUT2D eigenvalue weighted by atomic mass is 31.2. The van der Waals surface area contributed by atoms with E-state index >= 15 is 0 Å². The van der Waals surface area contributed by atoms with Gasteiger partial charge in [-0.2, -0.15) is 0 Å². The highest BCUT2D eigenvalue weighted by molar-refractivity contribution is 7.48. The van der Waals surface area contributed by atoms with Crippen LogP contribution in [0.1, 0.15) is 13.8 Å². The topological polar surface area (TPSA) is 146 Å². The summed E-state index contributed by atoms with van der Waals surface area (Å²) in [5, 5.41) is 45.9. The summed E-state index contributed by atoms with van der Waals surface area (Å²) in [6.45, 7) is 1.76. The van der Waals surface area contributed by atoms with Crippen LogP contribution in [0, 0.1) is 0 Å². The number of hydrogen-bond acceptors (Lipinski definition) is 9. The first-order chi connectivity index (χ1) is 9.72. The summed E-state index contributed by atoms with van der Waals surface area (Å²) in [6, 6.07) is 0. The fourth-order valence-corrected chi connectivity index (χ4v) is 2.49.